The number of fused-ring (bicyclic) bond motifs is 1. The first-order valence-corrected chi connectivity index (χ1v) is 14.8. The lowest BCUT2D eigenvalue weighted by atomic mass is 10.1. The quantitative estimate of drug-likeness (QED) is 0.143. The topological polar surface area (TPSA) is 143 Å². The maximum Gasteiger partial charge on any atom is 0.342 e. The molecule has 1 aromatic carbocycles. The number of unbranched alkanes of at least 4 members (excludes halogenated alkanes) is 3. The normalized spacial score (nSPS) is 14.2. The van der Waals surface area contributed by atoms with E-state index in [1.807, 2.05) is 6.92 Å². The second-order valence-electron chi connectivity index (χ2n) is 9.59. The number of nitrogen functional groups attached to an aromatic ring is 1. The predicted octanol–water partition coefficient (Wildman–Crippen LogP) is 5.19. The summed E-state index contributed by atoms with van der Waals surface area (Å²) in [7, 11) is -3.77. The number of nitrogens with zero attached hydrogens (tertiary/aromatic N) is 4. The Bertz CT molecular complexity index is 1250. The Kier molecular flexibility index (Phi) is 10.5. The van der Waals surface area contributed by atoms with E-state index in [-0.39, 0.29) is 12.2 Å². The Hall–Kier alpha value is -2.72. The fraction of sp³-hybridized carbons (Fsp3) is 0.520. The molecule has 0 spiro atoms. The second-order valence-corrected chi connectivity index (χ2v) is 12.0. The van der Waals surface area contributed by atoms with E-state index in [1.54, 1.807) is 49.0 Å². The highest BCUT2D eigenvalue weighted by molar-refractivity contribution is 7.57. The summed E-state index contributed by atoms with van der Waals surface area (Å²) in [5.41, 5.74) is 5.63. The fourth-order valence-corrected chi connectivity index (χ4v) is 5.83. The number of ether oxygens (including phenoxy) is 2. The molecule has 3 rings (SSSR count). The molecule has 0 aliphatic carbocycles. The molecule has 0 aliphatic rings. The molecule has 11 nitrogen and oxygen atoms in total. The molecule has 0 fully saturated rings. The lowest BCUT2D eigenvalue weighted by Gasteiger charge is -2.30. The van der Waals surface area contributed by atoms with Gasteiger partial charge in [-0.05, 0) is 51.5 Å². The molecule has 3 aromatic rings. The van der Waals surface area contributed by atoms with Crippen molar-refractivity contribution in [2.45, 2.75) is 71.6 Å². The van der Waals surface area contributed by atoms with Crippen LogP contribution in [-0.4, -0.2) is 50.1 Å². The summed E-state index contributed by atoms with van der Waals surface area (Å²) < 4.78 is 33.1. The van der Waals surface area contributed by atoms with Crippen LogP contribution in [0.1, 0.15) is 53.4 Å². The molecule has 2 atom stereocenters. The van der Waals surface area contributed by atoms with E-state index in [4.69, 9.17) is 31.3 Å². The summed E-state index contributed by atoms with van der Waals surface area (Å²) in [6, 6.07) is 6.44. The summed E-state index contributed by atoms with van der Waals surface area (Å²) in [6.45, 7) is 7.79. The highest BCUT2D eigenvalue weighted by Gasteiger charge is 2.39. The van der Waals surface area contributed by atoms with E-state index >= 15 is 0 Å². The molecule has 0 saturated heterocycles. The van der Waals surface area contributed by atoms with Crippen molar-refractivity contribution in [3.05, 3.63) is 41.9 Å². The van der Waals surface area contributed by atoms with Crippen LogP contribution in [-0.2, 0) is 25.4 Å². The largest absolute Gasteiger partial charge is 0.464 e. The number of hydrogen-bond acceptors (Lipinski definition) is 9. The summed E-state index contributed by atoms with van der Waals surface area (Å²) in [5, 5.41) is 3.39. The van der Waals surface area contributed by atoms with E-state index in [2.05, 4.69) is 27.0 Å². The van der Waals surface area contributed by atoms with Crippen LogP contribution in [0.2, 0.25) is 5.02 Å². The molecule has 0 saturated carbocycles. The van der Waals surface area contributed by atoms with Crippen LogP contribution in [0.3, 0.4) is 0 Å². The van der Waals surface area contributed by atoms with Crippen LogP contribution >= 0.6 is 19.1 Å². The molecule has 38 heavy (non-hydrogen) atoms. The van der Waals surface area contributed by atoms with Crippen molar-refractivity contribution in [1.29, 1.82) is 0 Å². The van der Waals surface area contributed by atoms with Crippen LogP contribution in [0.5, 0.6) is 5.75 Å². The maximum absolute atomic E-state index is 14.0. The number of carbonyl (C=O) groups excluding carboxylic acids is 1. The fourth-order valence-electron chi connectivity index (χ4n) is 3.68. The number of nitrogens with two attached hydrogens (primary N) is 1. The van der Waals surface area contributed by atoms with E-state index in [1.165, 1.54) is 6.33 Å². The Balaban J connectivity index is 1.69. The lowest BCUT2D eigenvalue weighted by molar-refractivity contribution is -0.149. The number of hydrogen-bond donors (Lipinski definition) is 2. The predicted molar refractivity (Wildman–Crippen MR) is 147 cm³/mol. The Morgan fingerprint density at radius 3 is 2.63 bits per heavy atom. The van der Waals surface area contributed by atoms with Crippen molar-refractivity contribution in [2.75, 3.05) is 18.7 Å². The first kappa shape index (κ1) is 29.8. The van der Waals surface area contributed by atoms with Gasteiger partial charge in [-0.25, -0.2) is 20.0 Å². The van der Waals surface area contributed by atoms with Gasteiger partial charge >= 0.3 is 13.5 Å². The highest BCUT2D eigenvalue weighted by atomic mass is 35.5. The number of benzene rings is 1. The molecule has 0 amide bonds. The van der Waals surface area contributed by atoms with Crippen LogP contribution in [0, 0.1) is 0 Å². The molecule has 13 heteroatoms. The molecular weight excluding hydrogens is 531 g/mol. The minimum Gasteiger partial charge on any atom is -0.464 e. The van der Waals surface area contributed by atoms with E-state index in [9.17, 15) is 9.36 Å². The third-order valence-electron chi connectivity index (χ3n) is 5.67. The molecule has 0 aliphatic heterocycles. The number of imidazole rings is 1. The zero-order valence-electron chi connectivity index (χ0n) is 22.2. The zero-order chi connectivity index (χ0) is 27.8. The first-order chi connectivity index (χ1) is 18.0. The van der Waals surface area contributed by atoms with Gasteiger partial charge in [0.25, 0.3) is 0 Å². The third-order valence-corrected chi connectivity index (χ3v) is 7.82. The first-order valence-electron chi connectivity index (χ1n) is 12.6. The summed E-state index contributed by atoms with van der Waals surface area (Å²) in [6.07, 6.45) is 6.15. The average Bonchev–Trinajstić information content (AvgIpc) is 3.27. The van der Waals surface area contributed by atoms with Crippen molar-refractivity contribution in [3.8, 4) is 5.75 Å². The number of aromatic nitrogens is 4. The van der Waals surface area contributed by atoms with Crippen LogP contribution in [0.25, 0.3) is 11.2 Å². The minimum atomic E-state index is -3.77. The summed E-state index contributed by atoms with van der Waals surface area (Å²) >= 11 is 5.98. The Morgan fingerprint density at radius 2 is 1.92 bits per heavy atom. The van der Waals surface area contributed by atoms with Gasteiger partial charge in [0.1, 0.15) is 29.5 Å². The summed E-state index contributed by atoms with van der Waals surface area (Å²) in [5.74, 6) is 0.0778. The molecule has 3 N–H and O–H groups in total. The van der Waals surface area contributed by atoms with Crippen LogP contribution in [0.4, 0.5) is 5.82 Å². The van der Waals surface area contributed by atoms with Gasteiger partial charge in [0.05, 0.1) is 25.6 Å². The van der Waals surface area contributed by atoms with Crippen molar-refractivity contribution in [1.82, 2.24) is 24.6 Å². The highest BCUT2D eigenvalue weighted by Crippen LogP contribution is 2.45. The van der Waals surface area contributed by atoms with Gasteiger partial charge in [-0.1, -0.05) is 37.8 Å². The number of anilines is 1. The summed E-state index contributed by atoms with van der Waals surface area (Å²) in [4.78, 5) is 25.3. The van der Waals surface area contributed by atoms with Crippen LogP contribution in [0.15, 0.2) is 36.9 Å². The maximum atomic E-state index is 14.0. The number of rotatable bonds is 15. The minimum absolute atomic E-state index is 0.284. The van der Waals surface area contributed by atoms with Crippen LogP contribution < -0.4 is 15.3 Å². The van der Waals surface area contributed by atoms with Gasteiger partial charge in [0.2, 0.25) is 0 Å². The van der Waals surface area contributed by atoms with E-state index in [0.717, 1.165) is 25.7 Å². The number of halogens is 1. The molecule has 208 valence electrons. The van der Waals surface area contributed by atoms with Gasteiger partial charge < -0.3 is 24.3 Å². The standard InChI is InChI=1S/C25H36ClN6O5P/c1-5-6-7-8-13-35-24(33)25(3,4)31-38(34,37-20-11-9-19(26)10-12-20)17-36-18(2)14-32-16-30-21-22(27)28-15-29-23(21)32/h9-12,15-16,18H,5-8,13-14,17H2,1-4H3,(H,31,34)(H2,27,28,29). The number of esters is 1. The Morgan fingerprint density at radius 1 is 1.18 bits per heavy atom. The number of carbonyl (C=O) groups is 1. The SMILES string of the molecule is CCCCCCOC(=O)C(C)(C)NP(=O)(COC(C)Cn1cnc2c(N)ncnc21)Oc1ccc(Cl)cc1. The lowest BCUT2D eigenvalue weighted by Crippen LogP contribution is -2.47. The molecule has 2 aromatic heterocycles. The third kappa shape index (κ3) is 8.39. The second kappa shape index (κ2) is 13.4. The Labute approximate surface area is 227 Å². The van der Waals surface area contributed by atoms with Gasteiger partial charge in [-0.2, -0.15) is 0 Å². The van der Waals surface area contributed by atoms with Crippen molar-refractivity contribution in [3.63, 3.8) is 0 Å². The van der Waals surface area contributed by atoms with Crippen molar-refractivity contribution >= 4 is 42.1 Å². The van der Waals surface area contributed by atoms with Crippen molar-refractivity contribution in [2.24, 2.45) is 0 Å². The van der Waals surface area contributed by atoms with E-state index < -0.39 is 25.1 Å². The van der Waals surface area contributed by atoms with Gasteiger partial charge in [-0.3, -0.25) is 9.36 Å². The zero-order valence-corrected chi connectivity index (χ0v) is 23.9. The molecule has 2 unspecified atom stereocenters. The molecule has 0 bridgehead atoms. The monoisotopic (exact) mass is 566 g/mol. The smallest absolute Gasteiger partial charge is 0.342 e. The average molecular weight is 567 g/mol. The number of nitrogens with one attached hydrogen (secondary N) is 1. The van der Waals surface area contributed by atoms with Gasteiger partial charge in [0, 0.05) is 5.02 Å². The molecule has 0 radical (unpaired) electrons. The molecule has 2 heterocycles. The molecular formula is C25H36ClN6O5P. The van der Waals surface area contributed by atoms with Gasteiger partial charge in [-0.15, -0.1) is 0 Å². The van der Waals surface area contributed by atoms with Crippen molar-refractivity contribution < 1.29 is 23.4 Å². The van der Waals surface area contributed by atoms with E-state index in [0.29, 0.717) is 35.1 Å². The van der Waals surface area contributed by atoms with Gasteiger partial charge in [0.15, 0.2) is 11.5 Å².